The van der Waals surface area contributed by atoms with E-state index in [1.807, 2.05) is 78.9 Å². The van der Waals surface area contributed by atoms with Gasteiger partial charge in [0.2, 0.25) is 11.8 Å². The van der Waals surface area contributed by atoms with Gasteiger partial charge in [-0.3, -0.25) is 0 Å². The molecule has 5 heteroatoms. The van der Waals surface area contributed by atoms with Gasteiger partial charge in [-0.1, -0.05) is 42.5 Å². The highest BCUT2D eigenvalue weighted by Crippen LogP contribution is 2.28. The van der Waals surface area contributed by atoms with Crippen LogP contribution in [0.3, 0.4) is 0 Å². The molecule has 3 rings (SSSR count). The molecule has 0 heterocycles. The average Bonchev–Trinajstić information content (AvgIpc) is 2.81. The summed E-state index contributed by atoms with van der Waals surface area (Å²) in [5, 5.41) is 0. The molecule has 0 amide bonds. The Bertz CT molecular complexity index is 999. The van der Waals surface area contributed by atoms with E-state index in [0.717, 1.165) is 34.5 Å². The minimum absolute atomic E-state index is 0.546. The Morgan fingerprint density at radius 2 is 1.27 bits per heavy atom. The molecule has 5 nitrogen and oxygen atoms in total. The molecule has 0 aliphatic heterocycles. The van der Waals surface area contributed by atoms with Gasteiger partial charge >= 0.3 is 0 Å². The molecule has 154 valence electrons. The van der Waals surface area contributed by atoms with Gasteiger partial charge in [-0.05, 0) is 48.4 Å². The van der Waals surface area contributed by atoms with Gasteiger partial charge in [0.1, 0.15) is 0 Å². The fraction of sp³-hybridized carbons (Fsp3) is 0.200. The molecule has 3 aromatic carbocycles. The fourth-order valence-electron chi connectivity index (χ4n) is 2.99. The van der Waals surface area contributed by atoms with E-state index in [9.17, 15) is 0 Å². The van der Waals surface area contributed by atoms with Crippen LogP contribution in [0.1, 0.15) is 16.7 Å². The number of ether oxygens (including phenoxy) is 3. The number of benzene rings is 3. The monoisotopic (exact) mass is 402 g/mol. The van der Waals surface area contributed by atoms with Gasteiger partial charge in [0, 0.05) is 18.2 Å². The van der Waals surface area contributed by atoms with Crippen LogP contribution in [0.25, 0.3) is 0 Å². The zero-order valence-corrected chi connectivity index (χ0v) is 17.5. The minimum Gasteiger partial charge on any atom is -0.481 e. The number of rotatable bonds is 7. The molecule has 0 aromatic heterocycles. The van der Waals surface area contributed by atoms with Gasteiger partial charge in [0.25, 0.3) is 0 Å². The van der Waals surface area contributed by atoms with E-state index >= 15 is 0 Å². The van der Waals surface area contributed by atoms with Crippen molar-refractivity contribution in [1.29, 1.82) is 0 Å². The third kappa shape index (κ3) is 5.55. The van der Waals surface area contributed by atoms with E-state index in [0.29, 0.717) is 18.4 Å². The summed E-state index contributed by atoms with van der Waals surface area (Å²) in [6.45, 7) is 0.603. The van der Waals surface area contributed by atoms with Crippen molar-refractivity contribution in [1.82, 2.24) is 0 Å². The predicted molar refractivity (Wildman–Crippen MR) is 121 cm³/mol. The van der Waals surface area contributed by atoms with Gasteiger partial charge in [0.05, 0.1) is 32.2 Å². The largest absolute Gasteiger partial charge is 0.481 e. The third-order valence-corrected chi connectivity index (χ3v) is 4.53. The molecule has 0 saturated heterocycles. The Hall–Kier alpha value is -3.44. The van der Waals surface area contributed by atoms with Crippen molar-refractivity contribution in [3.63, 3.8) is 0 Å². The Balaban J connectivity index is 2.03. The number of methoxy groups -OCH3 is 3. The Morgan fingerprint density at radius 3 is 1.80 bits per heavy atom. The van der Waals surface area contributed by atoms with Crippen LogP contribution in [-0.4, -0.2) is 39.7 Å². The quantitative estimate of drug-likeness (QED) is 0.397. The van der Waals surface area contributed by atoms with Gasteiger partial charge in [-0.15, -0.1) is 0 Å². The molecule has 0 bridgehead atoms. The summed E-state index contributed by atoms with van der Waals surface area (Å²) in [5.74, 6) is 1.09. The second kappa shape index (κ2) is 10.9. The molecule has 0 atom stereocenters. The highest BCUT2D eigenvalue weighted by atomic mass is 16.5. The normalized spacial score (nSPS) is 12.0. The van der Waals surface area contributed by atoms with Gasteiger partial charge in [-0.2, -0.15) is 0 Å². The van der Waals surface area contributed by atoms with Crippen molar-refractivity contribution in [2.24, 2.45) is 9.98 Å². The average molecular weight is 402 g/mol. The van der Waals surface area contributed by atoms with Crippen molar-refractivity contribution >= 4 is 23.2 Å². The number of nitrogens with zero attached hydrogens (tertiary/aromatic N) is 2. The molecule has 30 heavy (non-hydrogen) atoms. The first-order valence-corrected chi connectivity index (χ1v) is 9.73. The topological polar surface area (TPSA) is 52.4 Å². The molecule has 0 saturated carbocycles. The predicted octanol–water partition coefficient (Wildman–Crippen LogP) is 5.32. The van der Waals surface area contributed by atoms with E-state index < -0.39 is 0 Å². The smallest absolute Gasteiger partial charge is 0.221 e. The van der Waals surface area contributed by atoms with Crippen LogP contribution >= 0.6 is 0 Å². The first kappa shape index (κ1) is 21.3. The maximum Gasteiger partial charge on any atom is 0.221 e. The summed E-state index contributed by atoms with van der Waals surface area (Å²) in [4.78, 5) is 9.48. The lowest BCUT2D eigenvalue weighted by molar-refractivity contribution is 0.202. The van der Waals surface area contributed by atoms with Crippen LogP contribution in [0.5, 0.6) is 0 Å². The van der Waals surface area contributed by atoms with Crippen LogP contribution in [0.2, 0.25) is 0 Å². The van der Waals surface area contributed by atoms with Crippen LogP contribution in [0.15, 0.2) is 88.8 Å². The van der Waals surface area contributed by atoms with Gasteiger partial charge in [-0.25, -0.2) is 9.98 Å². The molecule has 0 radical (unpaired) electrons. The zero-order chi connectivity index (χ0) is 21.2. The first-order valence-electron chi connectivity index (χ1n) is 9.73. The van der Waals surface area contributed by atoms with E-state index in [-0.39, 0.29) is 0 Å². The molecule has 3 aromatic rings. The second-order valence-corrected chi connectivity index (χ2v) is 6.53. The Kier molecular flexibility index (Phi) is 7.75. The summed E-state index contributed by atoms with van der Waals surface area (Å²) in [7, 11) is 4.94. The van der Waals surface area contributed by atoms with Crippen molar-refractivity contribution in [2.75, 3.05) is 27.9 Å². The highest BCUT2D eigenvalue weighted by molar-refractivity contribution is 5.97. The molecule has 0 spiro atoms. The molecule has 0 aliphatic rings. The van der Waals surface area contributed by atoms with E-state index in [4.69, 9.17) is 19.2 Å². The Morgan fingerprint density at radius 1 is 0.700 bits per heavy atom. The third-order valence-electron chi connectivity index (χ3n) is 4.53. The zero-order valence-electron chi connectivity index (χ0n) is 17.5. The van der Waals surface area contributed by atoms with Crippen LogP contribution in [0, 0.1) is 0 Å². The highest BCUT2D eigenvalue weighted by Gasteiger charge is 2.09. The summed E-state index contributed by atoms with van der Waals surface area (Å²) in [5.41, 5.74) is 4.42. The summed E-state index contributed by atoms with van der Waals surface area (Å²) in [6.07, 6.45) is 0.737. The van der Waals surface area contributed by atoms with Crippen molar-refractivity contribution < 1.29 is 14.2 Å². The number of hydrogen-bond donors (Lipinski definition) is 0. The lowest BCUT2D eigenvalue weighted by Gasteiger charge is -2.11. The summed E-state index contributed by atoms with van der Waals surface area (Å²) < 4.78 is 16.3. The lowest BCUT2D eigenvalue weighted by Crippen LogP contribution is -2.04. The maximum absolute atomic E-state index is 5.57. The van der Waals surface area contributed by atoms with Gasteiger partial charge < -0.3 is 14.2 Å². The first-order chi connectivity index (χ1) is 14.7. The molecular weight excluding hydrogens is 376 g/mol. The summed E-state index contributed by atoms with van der Waals surface area (Å²) >= 11 is 0. The molecule has 0 fully saturated rings. The summed E-state index contributed by atoms with van der Waals surface area (Å²) in [6, 6.07) is 25.5. The van der Waals surface area contributed by atoms with E-state index in [2.05, 4.69) is 4.99 Å². The van der Waals surface area contributed by atoms with Crippen LogP contribution in [0.4, 0.5) is 11.4 Å². The second-order valence-electron chi connectivity index (χ2n) is 6.53. The fourth-order valence-corrected chi connectivity index (χ4v) is 2.99. The van der Waals surface area contributed by atoms with Gasteiger partial charge in [0.15, 0.2) is 0 Å². The van der Waals surface area contributed by atoms with Crippen molar-refractivity contribution in [2.45, 2.75) is 6.42 Å². The maximum atomic E-state index is 5.57. The number of aliphatic imine (C=N–C) groups is 2. The standard InChI is InChI=1S/C25H26N2O3/c1-28-17-16-19-14-15-22(26-24(29-2)20-10-6-4-7-11-20)18-23(19)27-25(30-3)21-12-8-5-9-13-21/h4-15,18H,16-17H2,1-3H3/b26-24-,27-25-. The minimum atomic E-state index is 0.546. The van der Waals surface area contributed by atoms with Crippen LogP contribution < -0.4 is 0 Å². The molecule has 0 unspecified atom stereocenters. The molecular formula is C25H26N2O3. The van der Waals surface area contributed by atoms with E-state index in [1.54, 1.807) is 21.3 Å². The number of hydrogen-bond acceptors (Lipinski definition) is 5. The van der Waals surface area contributed by atoms with Crippen molar-refractivity contribution in [3.8, 4) is 0 Å². The molecule has 0 N–H and O–H groups in total. The van der Waals surface area contributed by atoms with E-state index in [1.165, 1.54) is 0 Å². The molecule has 0 aliphatic carbocycles. The van der Waals surface area contributed by atoms with Crippen molar-refractivity contribution in [3.05, 3.63) is 95.6 Å². The lowest BCUT2D eigenvalue weighted by atomic mass is 10.1. The Labute approximate surface area is 177 Å². The SMILES string of the molecule is COCCc1ccc(/N=C(\OC)c2ccccc2)cc1/N=C(\OC)c1ccccc1. The van der Waals surface area contributed by atoms with Crippen LogP contribution in [-0.2, 0) is 20.6 Å².